The van der Waals surface area contributed by atoms with E-state index < -0.39 is 0 Å². The summed E-state index contributed by atoms with van der Waals surface area (Å²) in [7, 11) is 0. The Bertz CT molecular complexity index is 587. The van der Waals surface area contributed by atoms with Crippen LogP contribution in [0.3, 0.4) is 0 Å². The van der Waals surface area contributed by atoms with E-state index in [1.807, 2.05) is 24.3 Å². The van der Waals surface area contributed by atoms with Crippen molar-refractivity contribution in [3.05, 3.63) is 41.0 Å². The molecule has 1 aromatic heterocycles. The van der Waals surface area contributed by atoms with Crippen molar-refractivity contribution in [2.45, 2.75) is 12.8 Å². The van der Waals surface area contributed by atoms with E-state index in [-0.39, 0.29) is 18.9 Å². The molecule has 5 heteroatoms. The van der Waals surface area contributed by atoms with Crippen molar-refractivity contribution in [3.63, 3.8) is 0 Å². The molecule has 2 N–H and O–H groups in total. The number of aromatic nitrogens is 1. The molecule has 0 unspecified atom stereocenters. The van der Waals surface area contributed by atoms with E-state index >= 15 is 0 Å². The first-order chi connectivity index (χ1) is 9.19. The van der Waals surface area contributed by atoms with Crippen LogP contribution in [0.4, 0.5) is 0 Å². The van der Waals surface area contributed by atoms with Gasteiger partial charge in [0.2, 0.25) is 5.91 Å². The number of carbonyl (C=O) groups excluding carboxylic acids is 1. The summed E-state index contributed by atoms with van der Waals surface area (Å²) in [6.45, 7) is 0.563. The quantitative estimate of drug-likeness (QED) is 0.822. The smallest absolute Gasteiger partial charge is 0.226 e. The summed E-state index contributed by atoms with van der Waals surface area (Å²) >= 11 is 5.90. The van der Waals surface area contributed by atoms with Gasteiger partial charge < -0.3 is 10.4 Å². The van der Waals surface area contributed by atoms with Gasteiger partial charge in [-0.3, -0.25) is 9.78 Å². The van der Waals surface area contributed by atoms with Gasteiger partial charge in [-0.15, -0.1) is 0 Å². The van der Waals surface area contributed by atoms with Crippen molar-refractivity contribution in [2.24, 2.45) is 0 Å². The van der Waals surface area contributed by atoms with Crippen molar-refractivity contribution < 1.29 is 9.90 Å². The van der Waals surface area contributed by atoms with Gasteiger partial charge in [0.1, 0.15) is 0 Å². The Kier molecular flexibility index (Phi) is 4.71. The van der Waals surface area contributed by atoms with E-state index in [0.29, 0.717) is 18.0 Å². The van der Waals surface area contributed by atoms with E-state index in [4.69, 9.17) is 16.7 Å². The number of nitrogens with one attached hydrogen (secondary N) is 1. The molecule has 1 amide bonds. The van der Waals surface area contributed by atoms with Crippen LogP contribution >= 0.6 is 11.6 Å². The van der Waals surface area contributed by atoms with Crippen LogP contribution in [0, 0.1) is 0 Å². The van der Waals surface area contributed by atoms with Crippen LogP contribution in [0.25, 0.3) is 10.9 Å². The molecule has 0 saturated heterocycles. The van der Waals surface area contributed by atoms with E-state index in [9.17, 15) is 4.79 Å². The van der Waals surface area contributed by atoms with Crippen molar-refractivity contribution in [1.29, 1.82) is 0 Å². The number of aliphatic hydroxyl groups is 1. The molecule has 4 nitrogen and oxygen atoms in total. The van der Waals surface area contributed by atoms with Crippen LogP contribution in [-0.4, -0.2) is 29.1 Å². The Balaban J connectivity index is 2.05. The zero-order valence-corrected chi connectivity index (χ0v) is 11.2. The van der Waals surface area contributed by atoms with Crippen LogP contribution < -0.4 is 5.32 Å². The molecule has 19 heavy (non-hydrogen) atoms. The van der Waals surface area contributed by atoms with Crippen molar-refractivity contribution in [3.8, 4) is 0 Å². The van der Waals surface area contributed by atoms with Gasteiger partial charge in [-0.1, -0.05) is 17.7 Å². The highest BCUT2D eigenvalue weighted by Gasteiger charge is 2.05. The maximum atomic E-state index is 11.6. The zero-order chi connectivity index (χ0) is 13.7. The lowest BCUT2D eigenvalue weighted by atomic mass is 10.2. The van der Waals surface area contributed by atoms with E-state index in [1.165, 1.54) is 0 Å². The number of nitrogens with zero attached hydrogens (tertiary/aromatic N) is 1. The average molecular weight is 279 g/mol. The number of aliphatic hydroxyl groups excluding tert-OH is 1. The van der Waals surface area contributed by atoms with Crippen LogP contribution in [0.2, 0.25) is 5.02 Å². The van der Waals surface area contributed by atoms with E-state index in [1.54, 1.807) is 6.07 Å². The molecule has 0 aliphatic heterocycles. The van der Waals surface area contributed by atoms with Crippen LogP contribution in [0.1, 0.15) is 12.1 Å². The zero-order valence-electron chi connectivity index (χ0n) is 10.4. The second-order valence-electron chi connectivity index (χ2n) is 4.24. The molecule has 0 spiro atoms. The predicted octanol–water partition coefficient (Wildman–Crippen LogP) is 1.93. The Hall–Kier alpha value is -1.65. The number of hydrogen-bond acceptors (Lipinski definition) is 3. The molecular formula is C14H15ClN2O2. The maximum absolute atomic E-state index is 11.6. The minimum atomic E-state index is -0.0886. The summed E-state index contributed by atoms with van der Waals surface area (Å²) in [6, 6.07) is 9.19. The summed E-state index contributed by atoms with van der Waals surface area (Å²) in [5.74, 6) is -0.0886. The van der Waals surface area contributed by atoms with Gasteiger partial charge in [-0.25, -0.2) is 0 Å². The highest BCUT2D eigenvalue weighted by atomic mass is 35.5. The maximum Gasteiger partial charge on any atom is 0.226 e. The van der Waals surface area contributed by atoms with Gasteiger partial charge in [-0.05, 0) is 30.7 Å². The largest absolute Gasteiger partial charge is 0.396 e. The Morgan fingerprint density at radius 1 is 1.32 bits per heavy atom. The number of pyridine rings is 1. The van der Waals surface area contributed by atoms with Gasteiger partial charge in [0.25, 0.3) is 0 Å². The van der Waals surface area contributed by atoms with Crippen LogP contribution in [0.15, 0.2) is 30.3 Å². The lowest BCUT2D eigenvalue weighted by molar-refractivity contribution is -0.120. The molecule has 0 aliphatic carbocycles. The van der Waals surface area contributed by atoms with Crippen molar-refractivity contribution >= 4 is 28.4 Å². The number of fused-ring (bicyclic) bond motifs is 1. The summed E-state index contributed by atoms with van der Waals surface area (Å²) in [5, 5.41) is 13.0. The van der Waals surface area contributed by atoms with Crippen LogP contribution in [-0.2, 0) is 11.2 Å². The third kappa shape index (κ3) is 3.91. The highest BCUT2D eigenvalue weighted by Crippen LogP contribution is 2.18. The first-order valence-corrected chi connectivity index (χ1v) is 6.49. The minimum absolute atomic E-state index is 0.0786. The molecule has 0 aliphatic rings. The third-order valence-corrected chi connectivity index (χ3v) is 2.94. The SMILES string of the molecule is O=C(Cc1ccc2cc(Cl)ccc2n1)NCCCO. The molecular weight excluding hydrogens is 264 g/mol. The number of carbonyl (C=O) groups is 1. The average Bonchev–Trinajstić information content (AvgIpc) is 2.39. The molecule has 2 rings (SSSR count). The molecule has 1 aromatic carbocycles. The molecule has 0 atom stereocenters. The van der Waals surface area contributed by atoms with Gasteiger partial charge in [0.05, 0.1) is 17.6 Å². The molecule has 1 heterocycles. The van der Waals surface area contributed by atoms with Gasteiger partial charge in [0.15, 0.2) is 0 Å². The van der Waals surface area contributed by atoms with Crippen molar-refractivity contribution in [1.82, 2.24) is 10.3 Å². The summed E-state index contributed by atoms with van der Waals surface area (Å²) < 4.78 is 0. The molecule has 2 aromatic rings. The minimum Gasteiger partial charge on any atom is -0.396 e. The van der Waals surface area contributed by atoms with Crippen LogP contribution in [0.5, 0.6) is 0 Å². The van der Waals surface area contributed by atoms with Gasteiger partial charge in [0, 0.05) is 23.6 Å². The van der Waals surface area contributed by atoms with Crippen molar-refractivity contribution in [2.75, 3.05) is 13.2 Å². The fourth-order valence-electron chi connectivity index (χ4n) is 1.77. The lowest BCUT2D eigenvalue weighted by Crippen LogP contribution is -2.26. The summed E-state index contributed by atoms with van der Waals surface area (Å²) in [4.78, 5) is 16.0. The molecule has 100 valence electrons. The molecule has 0 fully saturated rings. The number of halogens is 1. The number of amides is 1. The number of benzene rings is 1. The first kappa shape index (κ1) is 13.8. The molecule has 0 bridgehead atoms. The molecule has 0 radical (unpaired) electrons. The monoisotopic (exact) mass is 278 g/mol. The first-order valence-electron chi connectivity index (χ1n) is 6.12. The van der Waals surface area contributed by atoms with E-state index in [0.717, 1.165) is 16.6 Å². The number of hydrogen-bond donors (Lipinski definition) is 2. The normalized spacial score (nSPS) is 10.6. The topological polar surface area (TPSA) is 62.2 Å². The van der Waals surface area contributed by atoms with E-state index in [2.05, 4.69) is 10.3 Å². The van der Waals surface area contributed by atoms with Gasteiger partial charge >= 0.3 is 0 Å². The van der Waals surface area contributed by atoms with Gasteiger partial charge in [-0.2, -0.15) is 0 Å². The highest BCUT2D eigenvalue weighted by molar-refractivity contribution is 6.31. The lowest BCUT2D eigenvalue weighted by Gasteiger charge is -2.05. The third-order valence-electron chi connectivity index (χ3n) is 2.71. The molecule has 0 saturated carbocycles. The fourth-order valence-corrected chi connectivity index (χ4v) is 1.95. The Morgan fingerprint density at radius 3 is 2.95 bits per heavy atom. The Morgan fingerprint density at radius 2 is 2.16 bits per heavy atom. The number of rotatable bonds is 5. The predicted molar refractivity (Wildman–Crippen MR) is 75.2 cm³/mol. The standard InChI is InChI=1S/C14H15ClN2O2/c15-11-3-5-13-10(8-11)2-4-12(17-13)9-14(19)16-6-1-7-18/h2-5,8,18H,1,6-7,9H2,(H,16,19). The fraction of sp³-hybridized carbons (Fsp3) is 0.286. The summed E-state index contributed by atoms with van der Waals surface area (Å²) in [6.07, 6.45) is 0.805. The second-order valence-corrected chi connectivity index (χ2v) is 4.68. The second kappa shape index (κ2) is 6.50. The summed E-state index contributed by atoms with van der Waals surface area (Å²) in [5.41, 5.74) is 1.54. The Labute approximate surface area is 116 Å².